The number of rotatable bonds is 4. The predicted molar refractivity (Wildman–Crippen MR) is 76.6 cm³/mol. The summed E-state index contributed by atoms with van der Waals surface area (Å²) in [6, 6.07) is 9.38. The van der Waals surface area contributed by atoms with Gasteiger partial charge in [0.15, 0.2) is 0 Å². The predicted octanol–water partition coefficient (Wildman–Crippen LogP) is 4.75. The molecule has 1 aromatic heterocycles. The normalized spacial score (nSPS) is 12.2. The Morgan fingerprint density at radius 1 is 1.06 bits per heavy atom. The van der Waals surface area contributed by atoms with Crippen LogP contribution in [0.3, 0.4) is 0 Å². The van der Waals surface area contributed by atoms with Crippen LogP contribution in [0.5, 0.6) is 11.5 Å². The lowest BCUT2D eigenvalue weighted by Gasteiger charge is -2.12. The molecular formula is C13H12Cl2O2S. The van der Waals surface area contributed by atoms with Gasteiger partial charge in [-0.25, -0.2) is 0 Å². The Kier molecular flexibility index (Phi) is 4.38. The van der Waals surface area contributed by atoms with E-state index in [2.05, 4.69) is 0 Å². The highest BCUT2D eigenvalue weighted by Crippen LogP contribution is 2.38. The fourth-order valence-electron chi connectivity index (χ4n) is 1.60. The smallest absolute Gasteiger partial charge is 0.122 e. The van der Waals surface area contributed by atoms with Gasteiger partial charge in [-0.1, -0.05) is 11.6 Å². The van der Waals surface area contributed by atoms with Crippen molar-refractivity contribution in [2.24, 2.45) is 0 Å². The Morgan fingerprint density at radius 2 is 1.67 bits per heavy atom. The molecule has 2 aromatic rings. The minimum absolute atomic E-state index is 0.258. The van der Waals surface area contributed by atoms with Gasteiger partial charge in [0.2, 0.25) is 0 Å². The highest BCUT2D eigenvalue weighted by Gasteiger charge is 2.15. The molecule has 0 spiro atoms. The second kappa shape index (κ2) is 5.83. The van der Waals surface area contributed by atoms with Gasteiger partial charge in [-0.05, 0) is 29.8 Å². The van der Waals surface area contributed by atoms with Crippen LogP contribution >= 0.6 is 34.5 Å². The second-order valence-electron chi connectivity index (χ2n) is 3.65. The van der Waals surface area contributed by atoms with E-state index in [9.17, 15) is 0 Å². The molecule has 96 valence electrons. The molecule has 0 aliphatic carbocycles. The zero-order valence-electron chi connectivity index (χ0n) is 9.94. The van der Waals surface area contributed by atoms with Crippen LogP contribution in [-0.4, -0.2) is 14.2 Å². The van der Waals surface area contributed by atoms with Gasteiger partial charge in [-0.3, -0.25) is 0 Å². The Bertz CT molecular complexity index is 517. The molecule has 0 aliphatic rings. The van der Waals surface area contributed by atoms with E-state index in [0.717, 1.165) is 26.3 Å². The molecule has 1 atom stereocenters. The standard InChI is InChI=1S/C13H12Cl2O2S/c1-16-9-5-8(6-10(7-9)17-2)13(15)11-3-4-12(14)18-11/h3-7,13H,1-2H3. The van der Waals surface area contributed by atoms with Gasteiger partial charge in [-0.15, -0.1) is 22.9 Å². The van der Waals surface area contributed by atoms with Crippen molar-refractivity contribution in [1.29, 1.82) is 0 Å². The van der Waals surface area contributed by atoms with E-state index in [-0.39, 0.29) is 5.38 Å². The van der Waals surface area contributed by atoms with Crippen molar-refractivity contribution in [2.75, 3.05) is 14.2 Å². The van der Waals surface area contributed by atoms with Crippen LogP contribution in [0.15, 0.2) is 30.3 Å². The van der Waals surface area contributed by atoms with E-state index in [1.54, 1.807) is 14.2 Å². The summed E-state index contributed by atoms with van der Waals surface area (Å²) >= 11 is 13.8. The summed E-state index contributed by atoms with van der Waals surface area (Å²) in [5.41, 5.74) is 0.923. The lowest BCUT2D eigenvalue weighted by atomic mass is 10.1. The third-order valence-corrected chi connectivity index (χ3v) is 4.42. The number of thiophene rings is 1. The molecule has 0 aliphatic heterocycles. The zero-order chi connectivity index (χ0) is 13.1. The SMILES string of the molecule is COc1cc(OC)cc(C(Cl)c2ccc(Cl)s2)c1. The third-order valence-electron chi connectivity index (χ3n) is 2.51. The van der Waals surface area contributed by atoms with Gasteiger partial charge in [0.25, 0.3) is 0 Å². The molecular weight excluding hydrogens is 291 g/mol. The largest absolute Gasteiger partial charge is 0.497 e. The van der Waals surface area contributed by atoms with E-state index in [1.807, 2.05) is 30.3 Å². The highest BCUT2D eigenvalue weighted by atomic mass is 35.5. The highest BCUT2D eigenvalue weighted by molar-refractivity contribution is 7.16. The first-order valence-corrected chi connectivity index (χ1v) is 6.89. The number of hydrogen-bond donors (Lipinski definition) is 0. The molecule has 2 nitrogen and oxygen atoms in total. The van der Waals surface area contributed by atoms with Crippen LogP contribution in [0, 0.1) is 0 Å². The van der Waals surface area contributed by atoms with Gasteiger partial charge >= 0.3 is 0 Å². The molecule has 2 rings (SSSR count). The van der Waals surface area contributed by atoms with Gasteiger partial charge in [0.1, 0.15) is 11.5 Å². The van der Waals surface area contributed by atoms with Gasteiger partial charge in [-0.2, -0.15) is 0 Å². The summed E-state index contributed by atoms with van der Waals surface area (Å²) in [6.45, 7) is 0. The molecule has 0 fully saturated rings. The topological polar surface area (TPSA) is 18.5 Å². The van der Waals surface area contributed by atoms with Crippen molar-refractivity contribution < 1.29 is 9.47 Å². The van der Waals surface area contributed by atoms with Crippen LogP contribution in [0.2, 0.25) is 4.34 Å². The lowest BCUT2D eigenvalue weighted by molar-refractivity contribution is 0.393. The Balaban J connectivity index is 2.37. The van der Waals surface area contributed by atoms with Gasteiger partial charge in [0.05, 0.1) is 23.9 Å². The average molecular weight is 303 g/mol. The first-order chi connectivity index (χ1) is 8.63. The molecule has 0 amide bonds. The maximum Gasteiger partial charge on any atom is 0.122 e. The van der Waals surface area contributed by atoms with Crippen LogP contribution in [0.25, 0.3) is 0 Å². The molecule has 0 radical (unpaired) electrons. The maximum atomic E-state index is 6.44. The summed E-state index contributed by atoms with van der Waals surface area (Å²) in [6.07, 6.45) is 0. The first kappa shape index (κ1) is 13.5. The van der Waals surface area contributed by atoms with E-state index < -0.39 is 0 Å². The van der Waals surface area contributed by atoms with E-state index in [4.69, 9.17) is 32.7 Å². The molecule has 0 saturated heterocycles. The van der Waals surface area contributed by atoms with Crippen molar-refractivity contribution in [3.05, 3.63) is 45.1 Å². The molecule has 18 heavy (non-hydrogen) atoms. The van der Waals surface area contributed by atoms with Crippen molar-refractivity contribution >= 4 is 34.5 Å². The summed E-state index contributed by atoms with van der Waals surface area (Å²) in [7, 11) is 3.23. The van der Waals surface area contributed by atoms with E-state index >= 15 is 0 Å². The van der Waals surface area contributed by atoms with Gasteiger partial charge < -0.3 is 9.47 Å². The summed E-state index contributed by atoms with van der Waals surface area (Å²) in [5, 5.41) is -0.258. The number of benzene rings is 1. The number of alkyl halides is 1. The minimum Gasteiger partial charge on any atom is -0.497 e. The van der Waals surface area contributed by atoms with Gasteiger partial charge in [0, 0.05) is 10.9 Å². The fraction of sp³-hybridized carbons (Fsp3) is 0.231. The molecule has 0 saturated carbocycles. The molecule has 0 bridgehead atoms. The molecule has 1 unspecified atom stereocenters. The van der Waals surface area contributed by atoms with Crippen molar-refractivity contribution in [1.82, 2.24) is 0 Å². The number of hydrogen-bond acceptors (Lipinski definition) is 3. The second-order valence-corrected chi connectivity index (χ2v) is 5.83. The number of methoxy groups -OCH3 is 2. The Labute approximate surface area is 120 Å². The number of ether oxygens (including phenoxy) is 2. The lowest BCUT2D eigenvalue weighted by Crippen LogP contribution is -1.94. The van der Waals surface area contributed by atoms with Crippen molar-refractivity contribution in [2.45, 2.75) is 5.38 Å². The van der Waals surface area contributed by atoms with Crippen LogP contribution in [0.4, 0.5) is 0 Å². The first-order valence-electron chi connectivity index (χ1n) is 5.26. The van der Waals surface area contributed by atoms with E-state index in [0.29, 0.717) is 0 Å². The van der Waals surface area contributed by atoms with Crippen LogP contribution in [0.1, 0.15) is 15.8 Å². The van der Waals surface area contributed by atoms with Crippen molar-refractivity contribution in [3.63, 3.8) is 0 Å². The maximum absolute atomic E-state index is 6.44. The summed E-state index contributed by atoms with van der Waals surface area (Å²) < 4.78 is 11.2. The summed E-state index contributed by atoms with van der Waals surface area (Å²) in [5.74, 6) is 1.44. The number of halogens is 2. The van der Waals surface area contributed by atoms with E-state index in [1.165, 1.54) is 11.3 Å². The van der Waals surface area contributed by atoms with Crippen molar-refractivity contribution in [3.8, 4) is 11.5 Å². The average Bonchev–Trinajstić information content (AvgIpc) is 2.83. The minimum atomic E-state index is -0.258. The molecule has 1 aromatic carbocycles. The Hall–Kier alpha value is -0.900. The zero-order valence-corrected chi connectivity index (χ0v) is 12.3. The third kappa shape index (κ3) is 2.91. The Morgan fingerprint density at radius 3 is 2.11 bits per heavy atom. The molecule has 0 N–H and O–H groups in total. The molecule has 1 heterocycles. The quantitative estimate of drug-likeness (QED) is 0.759. The van der Waals surface area contributed by atoms with Crippen LogP contribution < -0.4 is 9.47 Å². The molecule has 5 heteroatoms. The fourth-order valence-corrected chi connectivity index (χ4v) is 3.00. The summed E-state index contributed by atoms with van der Waals surface area (Å²) in [4.78, 5) is 0.997. The monoisotopic (exact) mass is 302 g/mol. The van der Waals surface area contributed by atoms with Crippen LogP contribution in [-0.2, 0) is 0 Å².